The summed E-state index contributed by atoms with van der Waals surface area (Å²) in [6.07, 6.45) is 7.47. The molecule has 2 fully saturated rings. The van der Waals surface area contributed by atoms with E-state index in [1.54, 1.807) is 0 Å². The highest BCUT2D eigenvalue weighted by Gasteiger charge is 2.53. The molecule has 1 aliphatic heterocycles. The van der Waals surface area contributed by atoms with Gasteiger partial charge in [-0.25, -0.2) is 0 Å². The number of nitrogens with one attached hydrogen (secondary N) is 2. The summed E-state index contributed by atoms with van der Waals surface area (Å²) in [5.41, 5.74) is 4.84. The third-order valence-corrected chi connectivity index (χ3v) is 7.57. The van der Waals surface area contributed by atoms with E-state index in [1.807, 2.05) is 6.07 Å². The van der Waals surface area contributed by atoms with E-state index in [0.717, 1.165) is 30.4 Å². The van der Waals surface area contributed by atoms with Crippen molar-refractivity contribution < 1.29 is 4.79 Å². The van der Waals surface area contributed by atoms with Crippen LogP contribution < -0.4 is 10.6 Å². The smallest absolute Gasteiger partial charge is 0.251 e. The minimum atomic E-state index is 0.0776. The third kappa shape index (κ3) is 3.35. The van der Waals surface area contributed by atoms with E-state index < -0.39 is 0 Å². The molecule has 2 saturated carbocycles. The quantitative estimate of drug-likeness (QED) is 0.605. The molecule has 5 atom stereocenters. The number of carbonyl (C=O) groups is 1. The zero-order valence-corrected chi connectivity index (χ0v) is 17.4. The lowest BCUT2D eigenvalue weighted by atomic mass is 9.68. The minimum Gasteiger partial charge on any atom is -0.378 e. The molecule has 3 heteroatoms. The van der Waals surface area contributed by atoms with Gasteiger partial charge in [-0.05, 0) is 78.7 Å². The van der Waals surface area contributed by atoms with Crippen LogP contribution in [-0.4, -0.2) is 12.5 Å². The van der Waals surface area contributed by atoms with Gasteiger partial charge in [0.1, 0.15) is 0 Å². The van der Waals surface area contributed by atoms with Crippen molar-refractivity contribution in [1.29, 1.82) is 0 Å². The van der Waals surface area contributed by atoms with Gasteiger partial charge in [0.25, 0.3) is 5.91 Å². The van der Waals surface area contributed by atoms with Crippen LogP contribution in [-0.2, 0) is 0 Å². The summed E-state index contributed by atoms with van der Waals surface area (Å²) in [4.78, 5) is 12.7. The van der Waals surface area contributed by atoms with Crippen molar-refractivity contribution in [2.45, 2.75) is 57.4 Å². The average Bonchev–Trinajstić information content (AvgIpc) is 3.39. The maximum atomic E-state index is 12.7. The second kappa shape index (κ2) is 7.85. The van der Waals surface area contributed by atoms with Crippen molar-refractivity contribution in [1.82, 2.24) is 5.32 Å². The first kappa shape index (κ1) is 18.7. The van der Waals surface area contributed by atoms with Gasteiger partial charge in [-0.3, -0.25) is 4.79 Å². The molecule has 2 aromatic rings. The van der Waals surface area contributed by atoms with Crippen LogP contribution in [0.3, 0.4) is 0 Å². The fourth-order valence-electron chi connectivity index (χ4n) is 6.30. The van der Waals surface area contributed by atoms with Gasteiger partial charge in [0, 0.05) is 17.8 Å². The molecule has 5 unspecified atom stereocenters. The highest BCUT2D eigenvalue weighted by atomic mass is 16.1. The van der Waals surface area contributed by atoms with Crippen LogP contribution in [0.2, 0.25) is 0 Å². The van der Waals surface area contributed by atoms with Crippen molar-refractivity contribution in [2.24, 2.45) is 17.8 Å². The first-order chi connectivity index (χ1) is 14.3. The topological polar surface area (TPSA) is 41.1 Å². The molecular formula is C26H32N2O. The maximum absolute atomic E-state index is 12.7. The monoisotopic (exact) mass is 388 g/mol. The molecule has 3 nitrogen and oxygen atoms in total. The number of hydrogen-bond acceptors (Lipinski definition) is 2. The molecule has 152 valence electrons. The Bertz CT molecular complexity index is 878. The molecule has 0 aromatic heterocycles. The normalized spacial score (nSPS) is 29.1. The van der Waals surface area contributed by atoms with Crippen LogP contribution in [0.25, 0.3) is 0 Å². The van der Waals surface area contributed by atoms with Gasteiger partial charge in [0.05, 0.1) is 6.04 Å². The highest BCUT2D eigenvalue weighted by Crippen LogP contribution is 2.63. The fourth-order valence-corrected chi connectivity index (χ4v) is 6.30. The molecule has 0 saturated heterocycles. The Kier molecular flexibility index (Phi) is 5.07. The van der Waals surface area contributed by atoms with E-state index in [9.17, 15) is 4.79 Å². The van der Waals surface area contributed by atoms with E-state index in [0.29, 0.717) is 17.9 Å². The van der Waals surface area contributed by atoms with Crippen molar-refractivity contribution in [3.63, 3.8) is 0 Å². The number of hydrogen-bond donors (Lipinski definition) is 2. The number of rotatable bonds is 6. The molecule has 5 rings (SSSR count). The summed E-state index contributed by atoms with van der Waals surface area (Å²) in [5.74, 6) is 2.89. The van der Waals surface area contributed by atoms with E-state index >= 15 is 0 Å². The van der Waals surface area contributed by atoms with Crippen molar-refractivity contribution >= 4 is 11.6 Å². The number of carbonyl (C=O) groups excluding carboxylic acids is 1. The number of unbranched alkanes of at least 4 members (excludes halogenated alkanes) is 2. The summed E-state index contributed by atoms with van der Waals surface area (Å²) in [5, 5.41) is 6.97. The fraction of sp³-hybridized carbons (Fsp3) is 0.500. The standard InChI is InChI=1S/C26H32N2O/c1-2-3-7-14-27-26(29)20-12-13-22-21(16-20)23-18-10-11-19(15-18)24(23)25(28-22)17-8-5-4-6-9-17/h4-6,8-9,12-13,16,18-19,23-25,28H,2-3,7,10-11,14-15H2,1H3,(H,27,29). The summed E-state index contributed by atoms with van der Waals surface area (Å²) < 4.78 is 0. The van der Waals surface area contributed by atoms with Crippen LogP contribution >= 0.6 is 0 Å². The lowest BCUT2D eigenvalue weighted by Gasteiger charge is -2.43. The molecule has 29 heavy (non-hydrogen) atoms. The molecule has 2 aromatic carbocycles. The van der Waals surface area contributed by atoms with E-state index in [4.69, 9.17) is 0 Å². The Morgan fingerprint density at radius 2 is 1.90 bits per heavy atom. The molecule has 2 N–H and O–H groups in total. The van der Waals surface area contributed by atoms with Gasteiger partial charge >= 0.3 is 0 Å². The minimum absolute atomic E-state index is 0.0776. The molecule has 3 aliphatic rings. The lowest BCUT2D eigenvalue weighted by molar-refractivity contribution is 0.0952. The summed E-state index contributed by atoms with van der Waals surface area (Å²) in [7, 11) is 0. The predicted octanol–water partition coefficient (Wildman–Crippen LogP) is 5.90. The lowest BCUT2D eigenvalue weighted by Crippen LogP contribution is -2.35. The van der Waals surface area contributed by atoms with Gasteiger partial charge in [-0.2, -0.15) is 0 Å². The van der Waals surface area contributed by atoms with Crippen molar-refractivity contribution in [3.05, 3.63) is 65.2 Å². The number of benzene rings is 2. The highest BCUT2D eigenvalue weighted by molar-refractivity contribution is 5.95. The van der Waals surface area contributed by atoms with E-state index in [-0.39, 0.29) is 5.91 Å². The summed E-state index contributed by atoms with van der Waals surface area (Å²) >= 11 is 0. The van der Waals surface area contributed by atoms with E-state index in [2.05, 4.69) is 60.0 Å². The van der Waals surface area contributed by atoms with Crippen LogP contribution in [0, 0.1) is 17.8 Å². The molecule has 2 aliphatic carbocycles. The van der Waals surface area contributed by atoms with Crippen molar-refractivity contribution in [3.8, 4) is 0 Å². The number of fused-ring (bicyclic) bond motifs is 7. The van der Waals surface area contributed by atoms with Gasteiger partial charge < -0.3 is 10.6 Å². The maximum Gasteiger partial charge on any atom is 0.251 e. The SMILES string of the molecule is CCCCCNC(=O)c1ccc2c(c1)C1C3CCC(C3)C1C(c1ccccc1)N2. The molecule has 1 amide bonds. The Balaban J connectivity index is 1.44. The van der Waals surface area contributed by atoms with Crippen LogP contribution in [0.1, 0.15) is 78.9 Å². The Morgan fingerprint density at radius 1 is 1.07 bits per heavy atom. The van der Waals surface area contributed by atoms with Crippen LogP contribution in [0.4, 0.5) is 5.69 Å². The van der Waals surface area contributed by atoms with E-state index in [1.165, 1.54) is 48.9 Å². The number of anilines is 1. The Hall–Kier alpha value is -2.29. The second-order valence-electron chi connectivity index (χ2n) is 9.23. The summed E-state index contributed by atoms with van der Waals surface area (Å²) in [6, 6.07) is 17.7. The molecule has 1 heterocycles. The van der Waals surface area contributed by atoms with Gasteiger partial charge in [0.15, 0.2) is 0 Å². The second-order valence-corrected chi connectivity index (χ2v) is 9.23. The molecule has 0 spiro atoms. The molecule has 0 radical (unpaired) electrons. The van der Waals surface area contributed by atoms with Crippen LogP contribution in [0.15, 0.2) is 48.5 Å². The first-order valence-electron chi connectivity index (χ1n) is 11.5. The molecular weight excluding hydrogens is 356 g/mol. The zero-order valence-electron chi connectivity index (χ0n) is 17.4. The van der Waals surface area contributed by atoms with Gasteiger partial charge in [-0.15, -0.1) is 0 Å². The first-order valence-corrected chi connectivity index (χ1v) is 11.5. The Labute approximate surface area is 174 Å². The Morgan fingerprint density at radius 3 is 2.72 bits per heavy atom. The van der Waals surface area contributed by atoms with Gasteiger partial charge in [-0.1, -0.05) is 50.1 Å². The van der Waals surface area contributed by atoms with Gasteiger partial charge in [0.2, 0.25) is 0 Å². The van der Waals surface area contributed by atoms with Crippen LogP contribution in [0.5, 0.6) is 0 Å². The van der Waals surface area contributed by atoms with Crippen molar-refractivity contribution in [2.75, 3.05) is 11.9 Å². The largest absolute Gasteiger partial charge is 0.378 e. The zero-order chi connectivity index (χ0) is 19.8. The average molecular weight is 389 g/mol. The predicted molar refractivity (Wildman–Crippen MR) is 118 cm³/mol. The number of amides is 1. The molecule has 2 bridgehead atoms. The summed E-state index contributed by atoms with van der Waals surface area (Å²) in [6.45, 7) is 2.96. The third-order valence-electron chi connectivity index (χ3n) is 7.57.